The second kappa shape index (κ2) is 13.5. The van der Waals surface area contributed by atoms with Crippen molar-refractivity contribution in [2.45, 2.75) is 30.8 Å². The molecule has 44 heavy (non-hydrogen) atoms. The number of hydrogen-bond donors (Lipinski definition) is 2. The molecule has 1 atom stereocenters. The summed E-state index contributed by atoms with van der Waals surface area (Å²) < 4.78 is 43.1. The summed E-state index contributed by atoms with van der Waals surface area (Å²) in [5.74, 6) is -0.767. The molecule has 224 valence electrons. The van der Waals surface area contributed by atoms with E-state index in [1.54, 1.807) is 24.3 Å². The molecule has 0 saturated carbocycles. The molecule has 0 amide bonds. The maximum atomic E-state index is 15.5. The second-order valence-corrected chi connectivity index (χ2v) is 13.1. The lowest BCUT2D eigenvalue weighted by atomic mass is 9.80. The predicted molar refractivity (Wildman–Crippen MR) is 172 cm³/mol. The first-order chi connectivity index (χ1) is 21.1. The molecule has 0 radical (unpaired) electrons. The van der Waals surface area contributed by atoms with Gasteiger partial charge in [-0.25, -0.2) is 0 Å². The first kappa shape index (κ1) is 31.7. The van der Waals surface area contributed by atoms with Crippen molar-refractivity contribution in [2.24, 2.45) is 0 Å². The van der Waals surface area contributed by atoms with Crippen molar-refractivity contribution in [3.8, 4) is 0 Å². The molecule has 4 nitrogen and oxygen atoms in total. The normalized spacial score (nSPS) is 12.6. The Balaban J connectivity index is 1.77. The van der Waals surface area contributed by atoms with Crippen LogP contribution in [0.3, 0.4) is 0 Å². The van der Waals surface area contributed by atoms with E-state index in [1.807, 2.05) is 97.1 Å². The summed E-state index contributed by atoms with van der Waals surface area (Å²) >= 11 is 3.36. The number of carbonyl (C=O) groups is 1. The highest BCUT2D eigenvalue weighted by molar-refractivity contribution is 9.10. The fourth-order valence-corrected chi connectivity index (χ4v) is 6.84. The molecule has 0 aliphatic heterocycles. The fourth-order valence-electron chi connectivity index (χ4n) is 5.46. The van der Waals surface area contributed by atoms with E-state index in [0.717, 1.165) is 16.7 Å². The molecule has 8 heteroatoms. The van der Waals surface area contributed by atoms with E-state index in [0.29, 0.717) is 22.3 Å². The van der Waals surface area contributed by atoms with Crippen LogP contribution in [0, 0.1) is 0 Å². The van der Waals surface area contributed by atoms with Crippen molar-refractivity contribution in [2.75, 3.05) is 0 Å². The Morgan fingerprint density at radius 1 is 0.727 bits per heavy atom. The van der Waals surface area contributed by atoms with E-state index in [-0.39, 0.29) is 29.5 Å². The van der Waals surface area contributed by atoms with Gasteiger partial charge >= 0.3 is 13.3 Å². The third kappa shape index (κ3) is 6.98. The minimum Gasteiger partial charge on any atom is -0.320 e. The quantitative estimate of drug-likeness (QED) is 0.108. The summed E-state index contributed by atoms with van der Waals surface area (Å²) in [4.78, 5) is 33.6. The molecule has 5 rings (SSSR count). The molecule has 0 aliphatic carbocycles. The van der Waals surface area contributed by atoms with Crippen LogP contribution >= 0.6 is 23.5 Å². The van der Waals surface area contributed by atoms with Crippen LogP contribution in [0.15, 0.2) is 132 Å². The molecular formula is C36H30BrF2O4P. The minimum absolute atomic E-state index is 0.0829. The zero-order valence-electron chi connectivity index (χ0n) is 23.6. The van der Waals surface area contributed by atoms with E-state index in [2.05, 4.69) is 15.9 Å². The highest BCUT2D eigenvalue weighted by atomic mass is 79.9. The van der Waals surface area contributed by atoms with Crippen LogP contribution in [0.5, 0.6) is 0 Å². The van der Waals surface area contributed by atoms with Crippen LogP contribution in [0.4, 0.5) is 8.78 Å². The topological polar surface area (TPSA) is 74.6 Å². The highest BCUT2D eigenvalue weighted by Gasteiger charge is 2.52. The van der Waals surface area contributed by atoms with E-state index in [9.17, 15) is 19.1 Å². The average molecular weight is 676 g/mol. The summed E-state index contributed by atoms with van der Waals surface area (Å²) in [6.07, 6.45) is 0.601. The molecular weight excluding hydrogens is 645 g/mol. The van der Waals surface area contributed by atoms with Crippen LogP contribution in [0.25, 0.3) is 0 Å². The van der Waals surface area contributed by atoms with Crippen molar-refractivity contribution >= 4 is 29.3 Å². The lowest BCUT2D eigenvalue weighted by molar-refractivity contribution is 0.0555. The van der Waals surface area contributed by atoms with Crippen LogP contribution in [0.1, 0.15) is 55.2 Å². The van der Waals surface area contributed by atoms with Crippen LogP contribution in [-0.2, 0) is 29.5 Å². The molecule has 0 heterocycles. The van der Waals surface area contributed by atoms with Crippen molar-refractivity contribution in [1.82, 2.24) is 0 Å². The number of Topliss-reactive ketones (excluding diaryl/α,β-unsaturated/α-hetero) is 1. The summed E-state index contributed by atoms with van der Waals surface area (Å²) in [5.41, 5.74) is -0.673. The fraction of sp³-hybridized carbons (Fsp3) is 0.139. The van der Waals surface area contributed by atoms with E-state index in [4.69, 9.17) is 0 Å². The standard InChI is InChI=1S/C36H30BrF2O4P/c37-34-32(22-26-15-7-2-8-16-26)30(24-31(27-17-9-3-10-18-27)35(40)28-19-11-4-12-20-28)29(21-25-13-5-1-6-14-25)23-33(34)36(38,39)44(41,42)43/h1-20,23,31H,21-22,24H2,(H2,41,42,43). The van der Waals surface area contributed by atoms with Gasteiger partial charge in [0.1, 0.15) is 0 Å². The molecule has 5 aromatic rings. The Morgan fingerprint density at radius 3 is 1.73 bits per heavy atom. The molecule has 1 unspecified atom stereocenters. The molecule has 0 aliphatic rings. The number of hydrogen-bond acceptors (Lipinski definition) is 2. The van der Waals surface area contributed by atoms with Gasteiger partial charge < -0.3 is 9.79 Å². The minimum atomic E-state index is -5.89. The summed E-state index contributed by atoms with van der Waals surface area (Å²) in [7, 11) is -5.89. The largest absolute Gasteiger partial charge is 0.399 e. The van der Waals surface area contributed by atoms with Gasteiger partial charge in [0, 0.05) is 15.6 Å². The Hall–Kier alpha value is -3.74. The predicted octanol–water partition coefficient (Wildman–Crippen LogP) is 9.07. The monoisotopic (exact) mass is 674 g/mol. The third-order valence-electron chi connectivity index (χ3n) is 7.71. The van der Waals surface area contributed by atoms with E-state index >= 15 is 8.78 Å². The van der Waals surface area contributed by atoms with Crippen molar-refractivity contribution in [1.29, 1.82) is 0 Å². The molecule has 0 bridgehead atoms. The zero-order chi connectivity index (χ0) is 31.3. The Morgan fingerprint density at radius 2 is 1.20 bits per heavy atom. The number of rotatable bonds is 11. The smallest absolute Gasteiger partial charge is 0.320 e. The van der Waals surface area contributed by atoms with Gasteiger partial charge in [0.25, 0.3) is 0 Å². The van der Waals surface area contributed by atoms with E-state index < -0.39 is 24.7 Å². The van der Waals surface area contributed by atoms with Crippen LogP contribution < -0.4 is 0 Å². The van der Waals surface area contributed by atoms with Gasteiger partial charge in [-0.1, -0.05) is 121 Å². The Labute approximate surface area is 263 Å². The maximum absolute atomic E-state index is 15.5. The first-order valence-corrected chi connectivity index (χ1v) is 16.5. The van der Waals surface area contributed by atoms with Gasteiger partial charge in [-0.2, -0.15) is 8.78 Å². The number of alkyl halides is 2. The number of benzene rings is 5. The molecule has 2 N–H and O–H groups in total. The molecule has 0 fully saturated rings. The summed E-state index contributed by atoms with van der Waals surface area (Å²) in [5, 5.41) is 0. The second-order valence-electron chi connectivity index (χ2n) is 10.7. The maximum Gasteiger partial charge on any atom is 0.399 e. The highest BCUT2D eigenvalue weighted by Crippen LogP contribution is 2.61. The molecule has 0 aromatic heterocycles. The lowest BCUT2D eigenvalue weighted by Gasteiger charge is -2.27. The number of halogens is 3. The summed E-state index contributed by atoms with van der Waals surface area (Å²) in [6.45, 7) is 0. The number of carbonyl (C=O) groups excluding carboxylic acids is 1. The molecule has 0 spiro atoms. The Kier molecular flexibility index (Phi) is 9.72. The van der Waals surface area contributed by atoms with Crippen molar-refractivity contribution in [3.05, 3.63) is 176 Å². The first-order valence-electron chi connectivity index (χ1n) is 14.1. The van der Waals surface area contributed by atoms with E-state index in [1.165, 1.54) is 6.07 Å². The Bertz CT molecular complexity index is 1780. The van der Waals surface area contributed by atoms with Crippen LogP contribution in [-0.4, -0.2) is 15.6 Å². The van der Waals surface area contributed by atoms with Crippen molar-refractivity contribution < 1.29 is 27.9 Å². The van der Waals surface area contributed by atoms with Gasteiger partial charge in [0.05, 0.1) is 5.92 Å². The van der Waals surface area contributed by atoms with Crippen molar-refractivity contribution in [3.63, 3.8) is 0 Å². The van der Waals surface area contributed by atoms with Gasteiger partial charge in [-0.05, 0) is 74.6 Å². The van der Waals surface area contributed by atoms with Gasteiger partial charge in [0.2, 0.25) is 0 Å². The average Bonchev–Trinajstić information content (AvgIpc) is 3.03. The van der Waals surface area contributed by atoms with Gasteiger partial charge in [0.15, 0.2) is 5.78 Å². The van der Waals surface area contributed by atoms with Crippen LogP contribution in [0.2, 0.25) is 0 Å². The third-order valence-corrected chi connectivity index (χ3v) is 9.59. The van der Waals surface area contributed by atoms with Gasteiger partial charge in [-0.15, -0.1) is 0 Å². The molecule has 0 saturated heterocycles. The lowest BCUT2D eigenvalue weighted by Crippen LogP contribution is -2.21. The summed E-state index contributed by atoms with van der Waals surface area (Å²) in [6, 6.07) is 38.0. The SMILES string of the molecule is O=C(c1ccccc1)C(Cc1c(Cc2ccccc2)cc(C(F)(F)P(=O)(O)O)c(Br)c1Cc1ccccc1)c1ccccc1. The number of ketones is 1. The van der Waals surface area contributed by atoms with Gasteiger partial charge in [-0.3, -0.25) is 9.36 Å². The zero-order valence-corrected chi connectivity index (χ0v) is 26.1. The molecule has 5 aromatic carbocycles.